The van der Waals surface area contributed by atoms with E-state index in [4.69, 9.17) is 15.0 Å². The maximum absolute atomic E-state index is 5.31. The number of pyridine rings is 3. The molecule has 0 amide bonds. The van der Waals surface area contributed by atoms with Crippen LogP contribution in [-0.2, 0) is 0 Å². The normalized spacial score (nSPS) is 17.7. The number of benzene rings is 6. The van der Waals surface area contributed by atoms with Gasteiger partial charge in [0.05, 0.1) is 33.6 Å². The molecule has 6 aromatic carbocycles. The summed E-state index contributed by atoms with van der Waals surface area (Å²) in [6, 6.07) is 54.3. The second kappa shape index (κ2) is 13.4. The van der Waals surface area contributed by atoms with Crippen molar-refractivity contribution in [2.45, 2.75) is 0 Å². The maximum Gasteiger partial charge on any atom is 0.0972 e. The van der Waals surface area contributed by atoms with Crippen molar-refractivity contribution in [1.29, 1.82) is 0 Å². The highest BCUT2D eigenvalue weighted by atomic mass is 32.1. The second-order valence-electron chi connectivity index (χ2n) is 17.1. The average Bonchev–Trinajstić information content (AvgIpc) is 3.74. The SMILES string of the molecule is C1=CC2=CC(c3ccc4ccc5ccc(-c6ccccc6)nc5c4n3)=CC3=CC=C4C=C(c5ccc(-c6nc7ccccc7c7c6ccc6c8ccccc8sc67)cc5)C=C1C4C32. The lowest BCUT2D eigenvalue weighted by Gasteiger charge is -2.40. The van der Waals surface area contributed by atoms with Crippen LogP contribution in [0.1, 0.15) is 11.3 Å². The van der Waals surface area contributed by atoms with E-state index in [2.05, 4.69) is 194 Å². The fourth-order valence-electron chi connectivity index (χ4n) is 10.6. The Balaban J connectivity index is 0.817. The topological polar surface area (TPSA) is 38.7 Å². The summed E-state index contributed by atoms with van der Waals surface area (Å²) < 4.78 is 2.64. The predicted molar refractivity (Wildman–Crippen MR) is 264 cm³/mol. The molecule has 0 aliphatic heterocycles. The molecule has 0 N–H and O–H groups in total. The highest BCUT2D eigenvalue weighted by molar-refractivity contribution is 7.26. The van der Waals surface area contributed by atoms with Gasteiger partial charge < -0.3 is 0 Å². The van der Waals surface area contributed by atoms with Gasteiger partial charge in [-0.05, 0) is 69.8 Å². The van der Waals surface area contributed by atoms with Crippen molar-refractivity contribution in [2.75, 3.05) is 0 Å². The molecule has 3 nitrogen and oxygen atoms in total. The third kappa shape index (κ3) is 5.35. The van der Waals surface area contributed by atoms with Crippen molar-refractivity contribution in [2.24, 2.45) is 11.8 Å². The van der Waals surface area contributed by atoms with E-state index in [9.17, 15) is 0 Å². The van der Waals surface area contributed by atoms with Crippen LogP contribution < -0.4 is 0 Å². The molecule has 0 radical (unpaired) electrons. The van der Waals surface area contributed by atoms with Crippen LogP contribution in [0.5, 0.6) is 0 Å². The lowest BCUT2D eigenvalue weighted by Crippen LogP contribution is -2.29. The van der Waals surface area contributed by atoms with Crippen molar-refractivity contribution in [3.8, 4) is 22.5 Å². The van der Waals surface area contributed by atoms with E-state index < -0.39 is 0 Å². The number of hydrogen-bond donors (Lipinski definition) is 0. The zero-order valence-electron chi connectivity index (χ0n) is 34.0. The van der Waals surface area contributed by atoms with Crippen molar-refractivity contribution in [3.63, 3.8) is 0 Å². The zero-order chi connectivity index (χ0) is 41.2. The second-order valence-corrected chi connectivity index (χ2v) is 18.1. The van der Waals surface area contributed by atoms with Gasteiger partial charge in [-0.3, -0.25) is 0 Å². The summed E-state index contributed by atoms with van der Waals surface area (Å²) in [6.45, 7) is 0. The van der Waals surface area contributed by atoms with Crippen LogP contribution in [0.15, 0.2) is 223 Å². The smallest absolute Gasteiger partial charge is 0.0972 e. The molecule has 2 atom stereocenters. The molecule has 0 saturated carbocycles. The molecule has 14 rings (SSSR count). The quantitative estimate of drug-likeness (QED) is 0.166. The van der Waals surface area contributed by atoms with E-state index in [1.54, 1.807) is 0 Å². The number of thiophene rings is 1. The number of fused-ring (bicyclic) bond motifs is 10. The lowest BCUT2D eigenvalue weighted by molar-refractivity contribution is 0.565. The maximum atomic E-state index is 5.31. The molecule has 0 spiro atoms. The minimum atomic E-state index is 0.279. The van der Waals surface area contributed by atoms with Gasteiger partial charge in [-0.25, -0.2) is 15.0 Å². The molecule has 0 saturated heterocycles. The van der Waals surface area contributed by atoms with Crippen molar-refractivity contribution in [3.05, 3.63) is 234 Å². The predicted octanol–water partition coefficient (Wildman–Crippen LogP) is 15.2. The van der Waals surface area contributed by atoms with Gasteiger partial charge in [-0.15, -0.1) is 11.3 Å². The molecule has 4 heteroatoms. The van der Waals surface area contributed by atoms with Crippen molar-refractivity contribution >= 4 is 86.1 Å². The fraction of sp³-hybridized carbons (Fsp3) is 0.0339. The largest absolute Gasteiger partial charge is 0.247 e. The molecular formula is C59H35N3S. The molecule has 4 aliphatic carbocycles. The van der Waals surface area contributed by atoms with E-state index in [1.807, 2.05) is 17.4 Å². The van der Waals surface area contributed by atoms with Crippen LogP contribution in [0.25, 0.3) is 97.3 Å². The first kappa shape index (κ1) is 34.9. The Morgan fingerprint density at radius 2 is 1.00 bits per heavy atom. The molecule has 10 aromatic rings. The summed E-state index contributed by atoms with van der Waals surface area (Å²) in [6.07, 6.45) is 18.9. The number of para-hydroxylation sites is 1. The highest BCUT2D eigenvalue weighted by Gasteiger charge is 2.38. The van der Waals surface area contributed by atoms with Gasteiger partial charge in [-0.1, -0.05) is 164 Å². The third-order valence-electron chi connectivity index (χ3n) is 13.6. The monoisotopic (exact) mass is 817 g/mol. The number of aromatic nitrogens is 3. The van der Waals surface area contributed by atoms with Gasteiger partial charge in [-0.2, -0.15) is 0 Å². The minimum Gasteiger partial charge on any atom is -0.247 e. The Hall–Kier alpha value is -7.79. The van der Waals surface area contributed by atoms with Gasteiger partial charge in [0, 0.05) is 75.6 Å². The summed E-state index contributed by atoms with van der Waals surface area (Å²) in [5.41, 5.74) is 17.0. The molecule has 4 aliphatic rings. The van der Waals surface area contributed by atoms with Crippen LogP contribution in [0, 0.1) is 11.8 Å². The van der Waals surface area contributed by atoms with Crippen molar-refractivity contribution < 1.29 is 0 Å². The van der Waals surface area contributed by atoms with Gasteiger partial charge in [0.15, 0.2) is 0 Å². The van der Waals surface area contributed by atoms with Crippen LogP contribution >= 0.6 is 11.3 Å². The molecule has 0 bridgehead atoms. The highest BCUT2D eigenvalue weighted by Crippen LogP contribution is 2.52. The van der Waals surface area contributed by atoms with E-state index in [1.165, 1.54) is 69.8 Å². The molecule has 4 aromatic heterocycles. The van der Waals surface area contributed by atoms with Crippen LogP contribution in [0.2, 0.25) is 0 Å². The zero-order valence-corrected chi connectivity index (χ0v) is 34.8. The van der Waals surface area contributed by atoms with Crippen LogP contribution in [0.4, 0.5) is 0 Å². The Kier molecular flexibility index (Phi) is 7.39. The van der Waals surface area contributed by atoms with Crippen molar-refractivity contribution in [1.82, 2.24) is 15.0 Å². The fourth-order valence-corrected chi connectivity index (χ4v) is 11.8. The van der Waals surface area contributed by atoms with Gasteiger partial charge in [0.1, 0.15) is 0 Å². The molecule has 292 valence electrons. The first-order valence-corrected chi connectivity index (χ1v) is 22.5. The Bertz CT molecular complexity index is 3890. The number of nitrogens with zero attached hydrogens (tertiary/aromatic N) is 3. The third-order valence-corrected chi connectivity index (χ3v) is 14.8. The van der Waals surface area contributed by atoms with Crippen LogP contribution in [-0.4, -0.2) is 15.0 Å². The summed E-state index contributed by atoms with van der Waals surface area (Å²) in [4.78, 5) is 15.8. The summed E-state index contributed by atoms with van der Waals surface area (Å²) >= 11 is 1.88. The Morgan fingerprint density at radius 1 is 0.397 bits per heavy atom. The van der Waals surface area contributed by atoms with Gasteiger partial charge in [0.2, 0.25) is 0 Å². The minimum absolute atomic E-state index is 0.279. The molecular weight excluding hydrogens is 783 g/mol. The number of hydrogen-bond acceptors (Lipinski definition) is 4. The molecule has 63 heavy (non-hydrogen) atoms. The Labute approximate surface area is 367 Å². The Morgan fingerprint density at radius 3 is 1.78 bits per heavy atom. The molecule has 2 unspecified atom stereocenters. The first-order chi connectivity index (χ1) is 31.2. The van der Waals surface area contributed by atoms with Gasteiger partial charge >= 0.3 is 0 Å². The van der Waals surface area contributed by atoms with Gasteiger partial charge in [0.25, 0.3) is 0 Å². The summed E-state index contributed by atoms with van der Waals surface area (Å²) in [7, 11) is 0. The first-order valence-electron chi connectivity index (χ1n) is 21.6. The van der Waals surface area contributed by atoms with E-state index in [0.717, 1.165) is 61.1 Å². The summed E-state index contributed by atoms with van der Waals surface area (Å²) in [5.74, 6) is 0.566. The van der Waals surface area contributed by atoms with E-state index in [0.29, 0.717) is 0 Å². The molecule has 0 fully saturated rings. The standard InChI is InChI=1S/C59H35N3S/c1-2-8-35(9-3-1)49-28-24-37-18-19-38-25-29-50(61-58(38)57(37)60-49)44-32-41-22-20-39-30-43(31-40-21-23-42(33-44)54(41)53(39)40)34-14-16-36(17-15-34)56-48-27-26-46-45-10-5-7-13-52(45)63-59(46)55(48)47-11-4-6-12-51(47)62-56/h1-33,53-54H. The number of rotatable bonds is 4. The summed E-state index contributed by atoms with van der Waals surface area (Å²) in [5, 5.41) is 8.50. The van der Waals surface area contributed by atoms with E-state index >= 15 is 0 Å². The van der Waals surface area contributed by atoms with Crippen LogP contribution in [0.3, 0.4) is 0 Å². The van der Waals surface area contributed by atoms with E-state index in [-0.39, 0.29) is 11.8 Å². The number of allylic oxidation sites excluding steroid dienone is 14. The molecule has 4 heterocycles. The lowest BCUT2D eigenvalue weighted by atomic mass is 9.63. The average molecular weight is 818 g/mol.